The Hall–Kier alpha value is -1.37. The predicted molar refractivity (Wildman–Crippen MR) is 81.7 cm³/mol. The van der Waals surface area contributed by atoms with Crippen LogP contribution in [0.15, 0.2) is 32.2 Å². The highest BCUT2D eigenvalue weighted by Crippen LogP contribution is 2.32. The molecule has 0 spiro atoms. The number of halogens is 1. The summed E-state index contributed by atoms with van der Waals surface area (Å²) in [7, 11) is 0. The van der Waals surface area contributed by atoms with Crippen LogP contribution in [0.2, 0.25) is 0 Å². The molecule has 0 radical (unpaired) electrons. The Morgan fingerprint density at radius 3 is 2.53 bits per heavy atom. The summed E-state index contributed by atoms with van der Waals surface area (Å²) < 4.78 is 0.897. The number of H-pyrrole nitrogens is 2. The molecule has 0 bridgehead atoms. The number of hydrogen-bond acceptors (Lipinski definition) is 3. The molecule has 1 aromatic carbocycles. The van der Waals surface area contributed by atoms with Gasteiger partial charge in [0.15, 0.2) is 0 Å². The monoisotopic (exact) mass is 337 g/mol. The van der Waals surface area contributed by atoms with Crippen molar-refractivity contribution >= 4 is 38.3 Å². The van der Waals surface area contributed by atoms with Crippen molar-refractivity contribution in [3.05, 3.63) is 54.5 Å². The molecule has 19 heavy (non-hydrogen) atoms. The van der Waals surface area contributed by atoms with Gasteiger partial charge in [-0.15, -0.1) is 0 Å². The SMILES string of the molecule is Cc1cscc1C(N)c1cc2[nH]c(=O)[nH]c2cc1Br. The highest BCUT2D eigenvalue weighted by Gasteiger charge is 2.16. The quantitative estimate of drug-likeness (QED) is 0.672. The van der Waals surface area contributed by atoms with Crippen LogP contribution in [0.1, 0.15) is 22.7 Å². The molecule has 0 aliphatic rings. The van der Waals surface area contributed by atoms with E-state index >= 15 is 0 Å². The normalized spacial score (nSPS) is 13.0. The van der Waals surface area contributed by atoms with Crippen molar-refractivity contribution < 1.29 is 0 Å². The molecular formula is C13H12BrN3OS. The molecule has 4 nitrogen and oxygen atoms in total. The molecule has 0 aliphatic carbocycles. The number of aromatic nitrogens is 2. The zero-order valence-electron chi connectivity index (χ0n) is 10.2. The van der Waals surface area contributed by atoms with Gasteiger partial charge in [-0.25, -0.2) is 4.79 Å². The molecule has 3 aromatic rings. The molecule has 0 saturated heterocycles. The van der Waals surface area contributed by atoms with Gasteiger partial charge in [-0.3, -0.25) is 0 Å². The maximum absolute atomic E-state index is 11.3. The number of fused-ring (bicyclic) bond motifs is 1. The van der Waals surface area contributed by atoms with E-state index in [-0.39, 0.29) is 11.7 Å². The summed E-state index contributed by atoms with van der Waals surface area (Å²) >= 11 is 5.17. The highest BCUT2D eigenvalue weighted by molar-refractivity contribution is 9.10. The van der Waals surface area contributed by atoms with Crippen LogP contribution in [0.3, 0.4) is 0 Å². The first-order valence-corrected chi connectivity index (χ1v) is 7.49. The summed E-state index contributed by atoms with van der Waals surface area (Å²) in [5.74, 6) is 0. The zero-order valence-corrected chi connectivity index (χ0v) is 12.6. The Bertz CT molecular complexity index is 802. The molecule has 2 aromatic heterocycles. The van der Waals surface area contributed by atoms with E-state index in [4.69, 9.17) is 5.73 Å². The third-order valence-electron chi connectivity index (χ3n) is 3.20. The van der Waals surface area contributed by atoms with E-state index < -0.39 is 0 Å². The zero-order chi connectivity index (χ0) is 13.6. The van der Waals surface area contributed by atoms with Crippen molar-refractivity contribution in [3.63, 3.8) is 0 Å². The summed E-state index contributed by atoms with van der Waals surface area (Å²) in [6.07, 6.45) is 0. The third kappa shape index (κ3) is 2.16. The lowest BCUT2D eigenvalue weighted by atomic mass is 9.99. The second-order valence-electron chi connectivity index (χ2n) is 4.49. The number of imidazole rings is 1. The lowest BCUT2D eigenvalue weighted by Gasteiger charge is -2.14. The van der Waals surface area contributed by atoms with Crippen LogP contribution >= 0.6 is 27.3 Å². The Kier molecular flexibility index (Phi) is 3.08. The summed E-state index contributed by atoms with van der Waals surface area (Å²) in [4.78, 5) is 16.8. The highest BCUT2D eigenvalue weighted by atomic mass is 79.9. The number of hydrogen-bond donors (Lipinski definition) is 3. The van der Waals surface area contributed by atoms with Crippen LogP contribution in [-0.4, -0.2) is 9.97 Å². The van der Waals surface area contributed by atoms with Gasteiger partial charge >= 0.3 is 5.69 Å². The van der Waals surface area contributed by atoms with Crippen molar-refractivity contribution in [2.75, 3.05) is 0 Å². The van der Waals surface area contributed by atoms with Gasteiger partial charge in [-0.05, 0) is 46.5 Å². The molecule has 1 atom stereocenters. The summed E-state index contributed by atoms with van der Waals surface area (Å²) in [5.41, 5.74) is 10.9. The number of aromatic amines is 2. The number of aryl methyl sites for hydroxylation is 1. The molecule has 2 heterocycles. The minimum absolute atomic E-state index is 0.205. The van der Waals surface area contributed by atoms with E-state index in [0.717, 1.165) is 26.6 Å². The first kappa shape index (κ1) is 12.7. The van der Waals surface area contributed by atoms with Crippen LogP contribution in [0.5, 0.6) is 0 Å². The summed E-state index contributed by atoms with van der Waals surface area (Å²) in [6.45, 7) is 2.05. The average Bonchev–Trinajstić information content (AvgIpc) is 2.92. The van der Waals surface area contributed by atoms with E-state index in [1.54, 1.807) is 11.3 Å². The number of nitrogens with two attached hydrogens (primary N) is 1. The summed E-state index contributed by atoms with van der Waals surface area (Å²) in [5, 5.41) is 4.15. The number of nitrogens with one attached hydrogen (secondary N) is 2. The van der Waals surface area contributed by atoms with Crippen molar-refractivity contribution in [3.8, 4) is 0 Å². The molecule has 4 N–H and O–H groups in total. The van der Waals surface area contributed by atoms with Crippen molar-refractivity contribution in [1.82, 2.24) is 9.97 Å². The molecule has 98 valence electrons. The molecule has 0 saturated carbocycles. The van der Waals surface area contributed by atoms with Crippen LogP contribution in [-0.2, 0) is 0 Å². The fourth-order valence-corrected chi connectivity index (χ4v) is 3.64. The van der Waals surface area contributed by atoms with Crippen LogP contribution in [0.4, 0.5) is 0 Å². The number of thiophene rings is 1. The topological polar surface area (TPSA) is 74.7 Å². The maximum Gasteiger partial charge on any atom is 0.323 e. The minimum atomic E-state index is -0.209. The Labute approximate surface area is 121 Å². The number of rotatable bonds is 2. The second-order valence-corrected chi connectivity index (χ2v) is 6.08. The Balaban J connectivity index is 2.16. The number of benzene rings is 1. The largest absolute Gasteiger partial charge is 0.323 e. The Morgan fingerprint density at radius 1 is 1.21 bits per heavy atom. The molecule has 0 amide bonds. The molecule has 3 rings (SSSR count). The fraction of sp³-hybridized carbons (Fsp3) is 0.154. The van der Waals surface area contributed by atoms with Gasteiger partial charge in [0.2, 0.25) is 0 Å². The van der Waals surface area contributed by atoms with E-state index in [1.807, 2.05) is 12.1 Å². The smallest absolute Gasteiger partial charge is 0.320 e. The van der Waals surface area contributed by atoms with Gasteiger partial charge in [0.25, 0.3) is 0 Å². The van der Waals surface area contributed by atoms with Gasteiger partial charge in [0.05, 0.1) is 17.1 Å². The predicted octanol–water partition coefficient (Wildman–Crippen LogP) is 3.04. The Morgan fingerprint density at radius 2 is 1.89 bits per heavy atom. The average molecular weight is 338 g/mol. The minimum Gasteiger partial charge on any atom is -0.320 e. The molecule has 6 heteroatoms. The molecule has 0 aliphatic heterocycles. The van der Waals surface area contributed by atoms with Crippen LogP contribution < -0.4 is 11.4 Å². The molecule has 1 unspecified atom stereocenters. The first-order valence-electron chi connectivity index (χ1n) is 5.76. The third-order valence-corrected chi connectivity index (χ3v) is 4.76. The lowest BCUT2D eigenvalue weighted by molar-refractivity contribution is 0.864. The van der Waals surface area contributed by atoms with Gasteiger partial charge in [-0.1, -0.05) is 15.9 Å². The maximum atomic E-state index is 11.3. The first-order chi connectivity index (χ1) is 9.06. The van der Waals surface area contributed by atoms with E-state index in [2.05, 4.69) is 43.6 Å². The van der Waals surface area contributed by atoms with Crippen molar-refractivity contribution in [1.29, 1.82) is 0 Å². The van der Waals surface area contributed by atoms with E-state index in [9.17, 15) is 4.79 Å². The van der Waals surface area contributed by atoms with Crippen LogP contribution in [0, 0.1) is 6.92 Å². The van der Waals surface area contributed by atoms with Crippen molar-refractivity contribution in [2.45, 2.75) is 13.0 Å². The van der Waals surface area contributed by atoms with Gasteiger partial charge in [0.1, 0.15) is 0 Å². The second kappa shape index (κ2) is 4.63. The van der Waals surface area contributed by atoms with E-state index in [1.165, 1.54) is 5.56 Å². The van der Waals surface area contributed by atoms with Gasteiger partial charge in [-0.2, -0.15) is 11.3 Å². The van der Waals surface area contributed by atoms with E-state index in [0.29, 0.717) is 0 Å². The van der Waals surface area contributed by atoms with Gasteiger partial charge < -0.3 is 15.7 Å². The van der Waals surface area contributed by atoms with Gasteiger partial charge in [0, 0.05) is 4.47 Å². The van der Waals surface area contributed by atoms with Crippen LogP contribution in [0.25, 0.3) is 11.0 Å². The summed E-state index contributed by atoms with van der Waals surface area (Å²) in [6, 6.07) is 3.59. The van der Waals surface area contributed by atoms with Crippen molar-refractivity contribution in [2.24, 2.45) is 5.73 Å². The lowest BCUT2D eigenvalue weighted by Crippen LogP contribution is -2.12. The standard InChI is InChI=1S/C13H12BrN3OS/c1-6-4-19-5-8(6)12(15)7-2-10-11(3-9(7)14)17-13(18)16-10/h2-5,12H,15H2,1H3,(H2,16,17,18). The molecular weight excluding hydrogens is 326 g/mol. The fourth-order valence-electron chi connectivity index (χ4n) is 2.17. The molecule has 0 fully saturated rings.